The van der Waals surface area contributed by atoms with Crippen LogP contribution in [0.5, 0.6) is 0 Å². The summed E-state index contributed by atoms with van der Waals surface area (Å²) in [5, 5.41) is 13.0. The summed E-state index contributed by atoms with van der Waals surface area (Å²) in [6.07, 6.45) is 0.208. The number of amides is 1. The molecule has 0 saturated carbocycles. The number of aliphatic hydroxyl groups is 1. The molecule has 0 spiro atoms. The van der Waals surface area contributed by atoms with Gasteiger partial charge in [0.1, 0.15) is 0 Å². The standard InChI is InChI=1S/C20H31NO6S/c1-20(2,3)21-19(23)27-12-9-18(22)16-5-4-6-17(13-16)28(24,25)14-15-7-10-26-11-8-15/h4-6,13,15,18,22H,7-12,14H2,1-3H3,(H,21,23). The molecule has 1 saturated heterocycles. The van der Waals surface area contributed by atoms with Crippen LogP contribution in [0.2, 0.25) is 0 Å². The van der Waals surface area contributed by atoms with Crippen LogP contribution in [-0.2, 0) is 19.3 Å². The molecule has 2 rings (SSSR count). The number of hydrogen-bond acceptors (Lipinski definition) is 6. The zero-order valence-corrected chi connectivity index (χ0v) is 17.6. The lowest BCUT2D eigenvalue weighted by Gasteiger charge is -2.22. The van der Waals surface area contributed by atoms with Crippen molar-refractivity contribution < 1.29 is 27.8 Å². The Kier molecular flexibility index (Phi) is 7.86. The number of alkyl carbamates (subject to hydrolysis) is 1. The second kappa shape index (κ2) is 9.71. The Balaban J connectivity index is 1.93. The second-order valence-electron chi connectivity index (χ2n) is 8.23. The van der Waals surface area contributed by atoms with Crippen molar-refractivity contribution in [3.63, 3.8) is 0 Å². The summed E-state index contributed by atoms with van der Waals surface area (Å²) < 4.78 is 35.8. The van der Waals surface area contributed by atoms with Crippen LogP contribution in [-0.4, -0.2) is 50.7 Å². The van der Waals surface area contributed by atoms with E-state index in [9.17, 15) is 18.3 Å². The number of rotatable bonds is 7. The Bertz CT molecular complexity index is 750. The molecule has 8 heteroatoms. The lowest BCUT2D eigenvalue weighted by molar-refractivity contribution is 0.0723. The fraction of sp³-hybridized carbons (Fsp3) is 0.650. The van der Waals surface area contributed by atoms with Gasteiger partial charge in [-0.1, -0.05) is 12.1 Å². The number of benzene rings is 1. The average Bonchev–Trinajstić information content (AvgIpc) is 2.60. The first kappa shape index (κ1) is 22.6. The van der Waals surface area contributed by atoms with Crippen molar-refractivity contribution >= 4 is 15.9 Å². The van der Waals surface area contributed by atoms with Crippen molar-refractivity contribution in [1.29, 1.82) is 0 Å². The zero-order chi connectivity index (χ0) is 20.8. The van der Waals surface area contributed by atoms with Crippen LogP contribution in [0.15, 0.2) is 29.2 Å². The first-order valence-electron chi connectivity index (χ1n) is 9.60. The Hall–Kier alpha value is -1.64. The van der Waals surface area contributed by atoms with Gasteiger partial charge in [0.05, 0.1) is 23.4 Å². The first-order chi connectivity index (χ1) is 13.1. The van der Waals surface area contributed by atoms with Crippen molar-refractivity contribution in [2.24, 2.45) is 5.92 Å². The van der Waals surface area contributed by atoms with Crippen molar-refractivity contribution in [2.75, 3.05) is 25.6 Å². The molecule has 0 bridgehead atoms. The van der Waals surface area contributed by atoms with E-state index in [0.717, 1.165) is 12.8 Å². The van der Waals surface area contributed by atoms with Crippen molar-refractivity contribution in [3.05, 3.63) is 29.8 Å². The molecule has 7 nitrogen and oxygen atoms in total. The maximum atomic E-state index is 12.7. The molecule has 1 heterocycles. The number of aliphatic hydroxyl groups excluding tert-OH is 1. The van der Waals surface area contributed by atoms with E-state index in [1.165, 1.54) is 6.07 Å². The summed E-state index contributed by atoms with van der Waals surface area (Å²) in [6, 6.07) is 6.36. The highest BCUT2D eigenvalue weighted by molar-refractivity contribution is 7.91. The first-order valence-corrected chi connectivity index (χ1v) is 11.3. The third kappa shape index (κ3) is 7.41. The van der Waals surface area contributed by atoms with Crippen molar-refractivity contribution in [1.82, 2.24) is 5.32 Å². The molecule has 0 radical (unpaired) electrons. The quantitative estimate of drug-likeness (QED) is 0.713. The molecule has 1 fully saturated rings. The van der Waals surface area contributed by atoms with Gasteiger partial charge in [0.25, 0.3) is 0 Å². The molecule has 1 amide bonds. The predicted octanol–water partition coefficient (Wildman–Crippen LogP) is 2.84. The molecule has 2 N–H and O–H groups in total. The second-order valence-corrected chi connectivity index (χ2v) is 10.3. The summed E-state index contributed by atoms with van der Waals surface area (Å²) in [6.45, 7) is 6.76. The molecule has 0 aliphatic carbocycles. The fourth-order valence-electron chi connectivity index (χ4n) is 3.01. The van der Waals surface area contributed by atoms with Gasteiger partial charge < -0.3 is 19.9 Å². The Morgan fingerprint density at radius 3 is 2.64 bits per heavy atom. The van der Waals surface area contributed by atoms with Gasteiger partial charge in [-0.2, -0.15) is 0 Å². The van der Waals surface area contributed by atoms with Crippen molar-refractivity contribution in [3.8, 4) is 0 Å². The molecule has 1 aromatic carbocycles. The van der Waals surface area contributed by atoms with Gasteiger partial charge >= 0.3 is 6.09 Å². The smallest absolute Gasteiger partial charge is 0.407 e. The van der Waals surface area contributed by atoms with Gasteiger partial charge in [-0.25, -0.2) is 13.2 Å². The minimum atomic E-state index is -3.43. The average molecular weight is 414 g/mol. The molecule has 158 valence electrons. The van der Waals surface area contributed by atoms with E-state index in [1.54, 1.807) is 18.2 Å². The lowest BCUT2D eigenvalue weighted by Crippen LogP contribution is -2.41. The minimum absolute atomic E-state index is 0.0299. The van der Waals surface area contributed by atoms with Crippen LogP contribution in [0, 0.1) is 5.92 Å². The number of carbonyl (C=O) groups excluding carboxylic acids is 1. The van der Waals surface area contributed by atoms with Crippen LogP contribution < -0.4 is 5.32 Å². The molecule has 1 unspecified atom stereocenters. The van der Waals surface area contributed by atoms with E-state index < -0.39 is 27.6 Å². The largest absolute Gasteiger partial charge is 0.449 e. The SMILES string of the molecule is CC(C)(C)NC(=O)OCCC(O)c1cccc(S(=O)(=O)CC2CCOCC2)c1. The van der Waals surface area contributed by atoms with Gasteiger partial charge in [0, 0.05) is 25.2 Å². The zero-order valence-electron chi connectivity index (χ0n) is 16.8. The predicted molar refractivity (Wildman–Crippen MR) is 106 cm³/mol. The highest BCUT2D eigenvalue weighted by Gasteiger charge is 2.24. The van der Waals surface area contributed by atoms with E-state index >= 15 is 0 Å². The van der Waals surface area contributed by atoms with Gasteiger partial charge in [0.2, 0.25) is 0 Å². The molecule has 1 aromatic rings. The van der Waals surface area contributed by atoms with Crippen LogP contribution in [0.4, 0.5) is 4.79 Å². The number of nitrogens with one attached hydrogen (secondary N) is 1. The third-order valence-corrected chi connectivity index (χ3v) is 6.38. The maximum absolute atomic E-state index is 12.7. The number of carbonyl (C=O) groups is 1. The van der Waals surface area contributed by atoms with Gasteiger partial charge in [0.15, 0.2) is 9.84 Å². The summed E-state index contributed by atoms with van der Waals surface area (Å²) in [4.78, 5) is 11.9. The number of hydrogen-bond donors (Lipinski definition) is 2. The van der Waals surface area contributed by atoms with E-state index in [4.69, 9.17) is 9.47 Å². The Labute approximate surface area is 167 Å². The van der Waals surface area contributed by atoms with E-state index in [2.05, 4.69) is 5.32 Å². The number of sulfone groups is 1. The minimum Gasteiger partial charge on any atom is -0.449 e. The number of ether oxygens (including phenoxy) is 2. The summed E-state index contributed by atoms with van der Waals surface area (Å²) in [5.41, 5.74) is 0.0935. The molecule has 0 aromatic heterocycles. The summed E-state index contributed by atoms with van der Waals surface area (Å²) in [7, 11) is -3.43. The Morgan fingerprint density at radius 1 is 1.32 bits per heavy atom. The monoisotopic (exact) mass is 413 g/mol. The van der Waals surface area contributed by atoms with E-state index in [0.29, 0.717) is 18.8 Å². The Morgan fingerprint density at radius 2 is 2.00 bits per heavy atom. The highest BCUT2D eigenvalue weighted by Crippen LogP contribution is 2.24. The molecule has 1 atom stereocenters. The summed E-state index contributed by atoms with van der Waals surface area (Å²) >= 11 is 0. The van der Waals surface area contributed by atoms with E-state index in [-0.39, 0.29) is 29.6 Å². The highest BCUT2D eigenvalue weighted by atomic mass is 32.2. The van der Waals surface area contributed by atoms with Crippen molar-refractivity contribution in [2.45, 2.75) is 56.6 Å². The fourth-order valence-corrected chi connectivity index (χ4v) is 4.75. The topological polar surface area (TPSA) is 102 Å². The molecule has 28 heavy (non-hydrogen) atoms. The third-order valence-electron chi connectivity index (χ3n) is 4.50. The summed E-state index contributed by atoms with van der Waals surface area (Å²) in [5.74, 6) is 0.188. The van der Waals surface area contributed by atoms with E-state index in [1.807, 2.05) is 20.8 Å². The molecule has 1 aliphatic rings. The maximum Gasteiger partial charge on any atom is 0.407 e. The molecular formula is C20H31NO6S. The van der Waals surface area contributed by atoms with Gasteiger partial charge in [-0.15, -0.1) is 0 Å². The lowest BCUT2D eigenvalue weighted by atomic mass is 10.0. The molecular weight excluding hydrogens is 382 g/mol. The van der Waals surface area contributed by atoms with Crippen LogP contribution in [0.3, 0.4) is 0 Å². The van der Waals surface area contributed by atoms with Gasteiger partial charge in [-0.05, 0) is 57.2 Å². The van der Waals surface area contributed by atoms with Crippen LogP contribution in [0.1, 0.15) is 51.7 Å². The molecule has 1 aliphatic heterocycles. The normalized spacial score (nSPS) is 17.1. The van der Waals surface area contributed by atoms with Crippen LogP contribution in [0.25, 0.3) is 0 Å². The van der Waals surface area contributed by atoms with Gasteiger partial charge in [-0.3, -0.25) is 0 Å². The van der Waals surface area contributed by atoms with Crippen LogP contribution >= 0.6 is 0 Å².